The quantitative estimate of drug-likeness (QED) is 0.330. The summed E-state index contributed by atoms with van der Waals surface area (Å²) in [4.78, 5) is 37.0. The molecule has 0 aliphatic carbocycles. The largest absolute Gasteiger partial charge is 0.379 e. The number of thiophene rings is 1. The molecule has 6 rings (SSSR count). The standard InChI is InChI=1S/C31H29FN4O3S/c1-19-7-5-9-23(32)28(19)34-30(37)26-17-20-13-15-36(25-11-4-3-8-22(25)29(20)40-26)31(38)24-10-6-12-27(33-24)35(2)21-14-16-39-18-21/h3-12,17,21H,13-16,18H2,1-2H3,(H,34,37). The number of pyridine rings is 1. The highest BCUT2D eigenvalue weighted by molar-refractivity contribution is 7.17. The normalized spacial score (nSPS) is 16.2. The van der Waals surface area contributed by atoms with E-state index in [1.807, 2.05) is 49.5 Å². The van der Waals surface area contributed by atoms with Gasteiger partial charge < -0.3 is 19.9 Å². The van der Waals surface area contributed by atoms with Gasteiger partial charge in [0.25, 0.3) is 11.8 Å². The van der Waals surface area contributed by atoms with Crippen LogP contribution in [0.4, 0.5) is 21.6 Å². The molecule has 4 aromatic rings. The summed E-state index contributed by atoms with van der Waals surface area (Å²) in [5, 5.41) is 2.74. The smallest absolute Gasteiger partial charge is 0.276 e. The third-order valence-electron chi connectivity index (χ3n) is 7.55. The highest BCUT2D eigenvalue weighted by Gasteiger charge is 2.29. The van der Waals surface area contributed by atoms with Gasteiger partial charge in [0.1, 0.15) is 17.3 Å². The van der Waals surface area contributed by atoms with E-state index in [9.17, 15) is 14.0 Å². The molecule has 0 bridgehead atoms. The first-order valence-corrected chi connectivity index (χ1v) is 14.1. The fourth-order valence-corrected chi connectivity index (χ4v) is 6.42. The molecule has 2 amide bonds. The minimum absolute atomic E-state index is 0.173. The van der Waals surface area contributed by atoms with Crippen LogP contribution in [0.2, 0.25) is 0 Å². The lowest BCUT2D eigenvalue weighted by atomic mass is 10.1. The van der Waals surface area contributed by atoms with Gasteiger partial charge in [-0.25, -0.2) is 9.37 Å². The first-order chi connectivity index (χ1) is 19.4. The maximum Gasteiger partial charge on any atom is 0.276 e. The number of carbonyl (C=O) groups is 2. The second-order valence-corrected chi connectivity index (χ2v) is 11.1. The fourth-order valence-electron chi connectivity index (χ4n) is 5.28. The Morgan fingerprint density at radius 1 is 1.12 bits per heavy atom. The van der Waals surface area contributed by atoms with Gasteiger partial charge in [0, 0.05) is 30.6 Å². The second kappa shape index (κ2) is 10.8. The molecule has 2 aromatic carbocycles. The summed E-state index contributed by atoms with van der Waals surface area (Å²) in [7, 11) is 1.98. The minimum atomic E-state index is -0.466. The fraction of sp³-hybridized carbons (Fsp3) is 0.258. The predicted octanol–water partition coefficient (Wildman–Crippen LogP) is 5.94. The van der Waals surface area contributed by atoms with Crippen LogP contribution < -0.4 is 15.1 Å². The molecule has 0 radical (unpaired) electrons. The van der Waals surface area contributed by atoms with E-state index in [0.29, 0.717) is 35.7 Å². The van der Waals surface area contributed by atoms with E-state index >= 15 is 0 Å². The number of likely N-dealkylation sites (N-methyl/N-ethyl adjacent to an activating group) is 1. The molecular formula is C31H29FN4O3S. The summed E-state index contributed by atoms with van der Waals surface area (Å²) < 4.78 is 19.9. The van der Waals surface area contributed by atoms with Crippen molar-refractivity contribution in [2.45, 2.75) is 25.8 Å². The van der Waals surface area contributed by atoms with Crippen molar-refractivity contribution >= 4 is 40.3 Å². The molecule has 1 N–H and O–H groups in total. The van der Waals surface area contributed by atoms with Crippen molar-refractivity contribution in [3.8, 4) is 10.4 Å². The number of ether oxygens (including phenoxy) is 1. The Morgan fingerprint density at radius 3 is 2.75 bits per heavy atom. The van der Waals surface area contributed by atoms with Crippen LogP contribution in [0.5, 0.6) is 0 Å². The average Bonchev–Trinajstić information content (AvgIpc) is 3.63. The number of nitrogens with one attached hydrogen (secondary N) is 1. The second-order valence-electron chi connectivity index (χ2n) is 10.1. The molecule has 1 atom stereocenters. The van der Waals surface area contributed by atoms with Gasteiger partial charge in [-0.3, -0.25) is 9.59 Å². The Hall–Kier alpha value is -4.08. The van der Waals surface area contributed by atoms with E-state index in [0.717, 1.165) is 40.5 Å². The zero-order valence-corrected chi connectivity index (χ0v) is 23.1. The van der Waals surface area contributed by atoms with Crippen LogP contribution in [0.1, 0.15) is 37.7 Å². The monoisotopic (exact) mass is 556 g/mol. The van der Waals surface area contributed by atoms with E-state index < -0.39 is 5.82 Å². The lowest BCUT2D eigenvalue weighted by Gasteiger charge is -2.26. The number of nitrogens with zero attached hydrogens (tertiary/aromatic N) is 3. The predicted molar refractivity (Wildman–Crippen MR) is 156 cm³/mol. The lowest BCUT2D eigenvalue weighted by Crippen LogP contribution is -2.35. The molecule has 0 saturated carbocycles. The number of hydrogen-bond acceptors (Lipinski definition) is 6. The van der Waals surface area contributed by atoms with Crippen LogP contribution in [0.15, 0.2) is 66.7 Å². The van der Waals surface area contributed by atoms with E-state index in [1.165, 1.54) is 17.4 Å². The van der Waals surface area contributed by atoms with Crippen LogP contribution >= 0.6 is 11.3 Å². The Balaban J connectivity index is 1.29. The van der Waals surface area contributed by atoms with Gasteiger partial charge in [-0.2, -0.15) is 0 Å². The topological polar surface area (TPSA) is 74.8 Å². The molecule has 1 unspecified atom stereocenters. The maximum atomic E-state index is 14.3. The number of fused-ring (bicyclic) bond motifs is 3. The zero-order valence-electron chi connectivity index (χ0n) is 22.3. The van der Waals surface area contributed by atoms with Gasteiger partial charge in [0.05, 0.1) is 28.9 Å². The average molecular weight is 557 g/mol. The molecule has 1 fully saturated rings. The highest BCUT2D eigenvalue weighted by atomic mass is 32.1. The van der Waals surface area contributed by atoms with E-state index in [2.05, 4.69) is 10.2 Å². The zero-order chi connectivity index (χ0) is 27.8. The molecular weight excluding hydrogens is 527 g/mol. The molecule has 2 aromatic heterocycles. The maximum absolute atomic E-state index is 14.3. The number of rotatable bonds is 5. The molecule has 4 heterocycles. The van der Waals surface area contributed by atoms with Gasteiger partial charge in [-0.15, -0.1) is 11.3 Å². The Bertz CT molecular complexity index is 1580. The van der Waals surface area contributed by atoms with Crippen molar-refractivity contribution in [1.82, 2.24) is 4.98 Å². The van der Waals surface area contributed by atoms with Crippen LogP contribution in [0.3, 0.4) is 0 Å². The van der Waals surface area contributed by atoms with Gasteiger partial charge >= 0.3 is 0 Å². The Morgan fingerprint density at radius 2 is 1.95 bits per heavy atom. The van der Waals surface area contributed by atoms with Gasteiger partial charge in [0.2, 0.25) is 0 Å². The number of anilines is 3. The molecule has 2 aliphatic rings. The summed E-state index contributed by atoms with van der Waals surface area (Å²) in [5.74, 6) is -0.251. The van der Waals surface area contributed by atoms with Gasteiger partial charge in [-0.05, 0) is 61.2 Å². The van der Waals surface area contributed by atoms with Crippen LogP contribution in [0, 0.1) is 12.7 Å². The first kappa shape index (κ1) is 26.2. The SMILES string of the molecule is Cc1cccc(F)c1NC(=O)c1cc2c(s1)-c1ccccc1N(C(=O)c1cccc(N(C)C3CCOC3)n1)CC2. The summed E-state index contributed by atoms with van der Waals surface area (Å²) in [5.41, 5.74) is 3.86. The van der Waals surface area contributed by atoms with Crippen LogP contribution in [0.25, 0.3) is 10.4 Å². The highest BCUT2D eigenvalue weighted by Crippen LogP contribution is 2.42. The molecule has 0 spiro atoms. The number of aromatic nitrogens is 1. The Labute approximate surface area is 236 Å². The van der Waals surface area contributed by atoms with E-state index in [1.54, 1.807) is 30.0 Å². The molecule has 9 heteroatoms. The Kier molecular flexibility index (Phi) is 7.08. The molecule has 7 nitrogen and oxygen atoms in total. The van der Waals surface area contributed by atoms with Crippen LogP contribution in [-0.4, -0.2) is 49.6 Å². The van der Waals surface area contributed by atoms with Crippen molar-refractivity contribution in [3.05, 3.63) is 94.2 Å². The summed E-state index contributed by atoms with van der Waals surface area (Å²) >= 11 is 1.35. The van der Waals surface area contributed by atoms with E-state index in [4.69, 9.17) is 9.72 Å². The number of para-hydroxylation sites is 2. The van der Waals surface area contributed by atoms with Gasteiger partial charge in [-0.1, -0.05) is 36.4 Å². The number of hydrogen-bond donors (Lipinski definition) is 1. The molecule has 40 heavy (non-hydrogen) atoms. The lowest BCUT2D eigenvalue weighted by molar-refractivity contribution is 0.0981. The summed E-state index contributed by atoms with van der Waals surface area (Å²) in [6.45, 7) is 3.58. The number of amides is 2. The van der Waals surface area contributed by atoms with Crippen molar-refractivity contribution < 1.29 is 18.7 Å². The van der Waals surface area contributed by atoms with Crippen LogP contribution in [-0.2, 0) is 11.2 Å². The third kappa shape index (κ3) is 4.87. The minimum Gasteiger partial charge on any atom is -0.379 e. The third-order valence-corrected chi connectivity index (χ3v) is 8.76. The number of halogens is 1. The summed E-state index contributed by atoms with van der Waals surface area (Å²) in [6.07, 6.45) is 1.50. The number of benzene rings is 2. The van der Waals surface area contributed by atoms with E-state index in [-0.39, 0.29) is 23.5 Å². The van der Waals surface area contributed by atoms with Crippen molar-refractivity contribution in [3.63, 3.8) is 0 Å². The molecule has 2 aliphatic heterocycles. The van der Waals surface area contributed by atoms with Crippen molar-refractivity contribution in [1.29, 1.82) is 0 Å². The molecule has 204 valence electrons. The number of carbonyl (C=O) groups excluding carboxylic acids is 2. The van der Waals surface area contributed by atoms with Crippen molar-refractivity contribution in [2.24, 2.45) is 0 Å². The van der Waals surface area contributed by atoms with Crippen molar-refractivity contribution in [2.75, 3.05) is 41.9 Å². The number of aryl methyl sites for hydroxylation is 1. The first-order valence-electron chi connectivity index (χ1n) is 13.3. The van der Waals surface area contributed by atoms with Gasteiger partial charge in [0.15, 0.2) is 0 Å². The molecule has 1 saturated heterocycles. The summed E-state index contributed by atoms with van der Waals surface area (Å²) in [6, 6.07) is 20.1.